The lowest BCUT2D eigenvalue weighted by molar-refractivity contribution is -0.145. The van der Waals surface area contributed by atoms with E-state index in [4.69, 9.17) is 10.5 Å². The van der Waals surface area contributed by atoms with Gasteiger partial charge < -0.3 is 10.5 Å². The second-order valence-electron chi connectivity index (χ2n) is 5.67. The molecule has 1 unspecified atom stereocenters. The van der Waals surface area contributed by atoms with Crippen LogP contribution in [0.25, 0.3) is 0 Å². The van der Waals surface area contributed by atoms with Crippen LogP contribution >= 0.6 is 11.3 Å². The number of esters is 1. The summed E-state index contributed by atoms with van der Waals surface area (Å²) >= 11 is 1.88. The number of aryl methyl sites for hydroxylation is 3. The molecule has 0 radical (unpaired) electrons. The maximum atomic E-state index is 11.5. The zero-order chi connectivity index (χ0) is 15.7. The third-order valence-electron chi connectivity index (χ3n) is 3.63. The molecule has 21 heavy (non-hydrogen) atoms. The summed E-state index contributed by atoms with van der Waals surface area (Å²) < 4.78 is 5.18. The van der Waals surface area contributed by atoms with Gasteiger partial charge in [-0.1, -0.05) is 26.2 Å². The number of rotatable bonds is 10. The fourth-order valence-electron chi connectivity index (χ4n) is 2.41. The molecule has 1 rings (SSSR count). The van der Waals surface area contributed by atoms with Crippen molar-refractivity contribution in [3.05, 3.63) is 21.4 Å². The van der Waals surface area contributed by atoms with E-state index in [2.05, 4.69) is 19.9 Å². The molecule has 0 saturated carbocycles. The summed E-state index contributed by atoms with van der Waals surface area (Å²) in [6, 6.07) is 1.86. The average Bonchev–Trinajstić information content (AvgIpc) is 2.76. The molecule has 1 heterocycles. The van der Waals surface area contributed by atoms with Gasteiger partial charge in [0, 0.05) is 9.75 Å². The molecule has 0 amide bonds. The van der Waals surface area contributed by atoms with Crippen molar-refractivity contribution in [1.29, 1.82) is 0 Å². The van der Waals surface area contributed by atoms with Gasteiger partial charge in [-0.25, -0.2) is 0 Å². The largest absolute Gasteiger partial charge is 0.465 e. The van der Waals surface area contributed by atoms with Crippen LogP contribution in [-0.2, 0) is 16.0 Å². The van der Waals surface area contributed by atoms with Crippen LogP contribution in [0.1, 0.15) is 60.8 Å². The van der Waals surface area contributed by atoms with Gasteiger partial charge in [0.25, 0.3) is 0 Å². The Labute approximate surface area is 132 Å². The molecule has 1 aromatic heterocycles. The summed E-state index contributed by atoms with van der Waals surface area (Å²) in [5, 5.41) is 0. The Morgan fingerprint density at radius 3 is 2.62 bits per heavy atom. The Morgan fingerprint density at radius 1 is 1.29 bits per heavy atom. The molecule has 0 saturated heterocycles. The highest BCUT2D eigenvalue weighted by atomic mass is 32.1. The number of carbonyl (C=O) groups excluding carboxylic acids is 1. The first-order valence-corrected chi connectivity index (χ1v) is 8.84. The first-order chi connectivity index (χ1) is 10.0. The predicted molar refractivity (Wildman–Crippen MR) is 89.8 cm³/mol. The van der Waals surface area contributed by atoms with Crippen molar-refractivity contribution in [3.8, 4) is 0 Å². The van der Waals surface area contributed by atoms with Crippen molar-refractivity contribution in [3.63, 3.8) is 0 Å². The molecule has 120 valence electrons. The summed E-state index contributed by atoms with van der Waals surface area (Å²) in [7, 11) is 0. The lowest BCUT2D eigenvalue weighted by Crippen LogP contribution is -2.32. The molecule has 0 fully saturated rings. The standard InChI is InChI=1S/C17H29NO2S/c1-4-9-16(18)17(19)20-11-8-6-5-7-10-15-12-13(2)21-14(15)3/h12,16H,4-11,18H2,1-3H3. The van der Waals surface area contributed by atoms with E-state index in [0.717, 1.165) is 25.7 Å². The van der Waals surface area contributed by atoms with E-state index in [1.54, 1.807) is 0 Å². The highest BCUT2D eigenvalue weighted by Gasteiger charge is 2.12. The van der Waals surface area contributed by atoms with Gasteiger partial charge in [-0.05, 0) is 51.2 Å². The molecule has 1 aromatic rings. The van der Waals surface area contributed by atoms with Gasteiger partial charge in [-0.2, -0.15) is 0 Å². The van der Waals surface area contributed by atoms with Crippen LogP contribution in [0.15, 0.2) is 6.07 Å². The maximum absolute atomic E-state index is 11.5. The van der Waals surface area contributed by atoms with Gasteiger partial charge >= 0.3 is 5.97 Å². The third-order valence-corrected chi connectivity index (χ3v) is 4.64. The highest BCUT2D eigenvalue weighted by molar-refractivity contribution is 7.12. The molecular formula is C17H29NO2S. The highest BCUT2D eigenvalue weighted by Crippen LogP contribution is 2.22. The normalized spacial score (nSPS) is 12.4. The molecule has 0 aromatic carbocycles. The summed E-state index contributed by atoms with van der Waals surface area (Å²) in [6.45, 7) is 6.89. The van der Waals surface area contributed by atoms with Crippen molar-refractivity contribution in [2.24, 2.45) is 5.73 Å². The van der Waals surface area contributed by atoms with Crippen LogP contribution in [0.3, 0.4) is 0 Å². The Morgan fingerprint density at radius 2 is 2.00 bits per heavy atom. The molecule has 0 spiro atoms. The van der Waals surface area contributed by atoms with Crippen LogP contribution in [0.5, 0.6) is 0 Å². The smallest absolute Gasteiger partial charge is 0.322 e. The van der Waals surface area contributed by atoms with Crippen molar-refractivity contribution in [2.75, 3.05) is 6.61 Å². The predicted octanol–water partition coefficient (Wildman–Crippen LogP) is 4.14. The molecule has 0 aliphatic rings. The van der Waals surface area contributed by atoms with Gasteiger partial charge in [-0.15, -0.1) is 11.3 Å². The summed E-state index contributed by atoms with van der Waals surface area (Å²) in [4.78, 5) is 14.4. The molecule has 0 bridgehead atoms. The summed E-state index contributed by atoms with van der Waals surface area (Å²) in [5.41, 5.74) is 7.19. The Bertz CT molecular complexity index is 428. The number of thiophene rings is 1. The lowest BCUT2D eigenvalue weighted by Gasteiger charge is -2.10. The van der Waals surface area contributed by atoms with Crippen LogP contribution < -0.4 is 5.73 Å². The average molecular weight is 311 g/mol. The third kappa shape index (κ3) is 7.09. The zero-order valence-corrected chi connectivity index (χ0v) is 14.4. The minimum Gasteiger partial charge on any atom is -0.465 e. The van der Waals surface area contributed by atoms with E-state index in [1.165, 1.54) is 28.2 Å². The number of unbranched alkanes of at least 4 members (excludes halogenated alkanes) is 3. The number of nitrogens with two attached hydrogens (primary N) is 1. The number of carbonyl (C=O) groups is 1. The van der Waals surface area contributed by atoms with E-state index in [-0.39, 0.29) is 5.97 Å². The fourth-order valence-corrected chi connectivity index (χ4v) is 3.39. The SMILES string of the molecule is CCCC(N)C(=O)OCCCCCCc1cc(C)sc1C. The Hall–Kier alpha value is -0.870. The van der Waals surface area contributed by atoms with Crippen LogP contribution in [0, 0.1) is 13.8 Å². The van der Waals surface area contributed by atoms with Gasteiger partial charge in [0.1, 0.15) is 6.04 Å². The van der Waals surface area contributed by atoms with Gasteiger partial charge in [-0.3, -0.25) is 4.79 Å². The fraction of sp³-hybridized carbons (Fsp3) is 0.706. The zero-order valence-electron chi connectivity index (χ0n) is 13.6. The van der Waals surface area contributed by atoms with Crippen molar-refractivity contribution in [2.45, 2.75) is 71.8 Å². The molecule has 1 atom stereocenters. The summed E-state index contributed by atoms with van der Waals surface area (Å²) in [6.07, 6.45) is 7.23. The molecule has 3 nitrogen and oxygen atoms in total. The quantitative estimate of drug-likeness (QED) is 0.522. The molecule has 2 N–H and O–H groups in total. The topological polar surface area (TPSA) is 52.3 Å². The van der Waals surface area contributed by atoms with E-state index in [0.29, 0.717) is 13.0 Å². The monoisotopic (exact) mass is 311 g/mol. The van der Waals surface area contributed by atoms with E-state index in [9.17, 15) is 4.79 Å². The molecule has 4 heteroatoms. The number of hydrogen-bond donors (Lipinski definition) is 1. The molecule has 0 aliphatic heterocycles. The first kappa shape index (κ1) is 18.2. The van der Waals surface area contributed by atoms with E-state index < -0.39 is 6.04 Å². The lowest BCUT2D eigenvalue weighted by atomic mass is 10.1. The molecule has 0 aliphatic carbocycles. The van der Waals surface area contributed by atoms with Crippen molar-refractivity contribution in [1.82, 2.24) is 0 Å². The van der Waals surface area contributed by atoms with Crippen LogP contribution in [0.2, 0.25) is 0 Å². The summed E-state index contributed by atoms with van der Waals surface area (Å²) in [5.74, 6) is -0.249. The molecular weight excluding hydrogens is 282 g/mol. The van der Waals surface area contributed by atoms with Crippen LogP contribution in [-0.4, -0.2) is 18.6 Å². The van der Waals surface area contributed by atoms with Crippen molar-refractivity contribution >= 4 is 17.3 Å². The maximum Gasteiger partial charge on any atom is 0.322 e. The minimum atomic E-state index is -0.445. The number of ether oxygens (including phenoxy) is 1. The van der Waals surface area contributed by atoms with E-state index >= 15 is 0 Å². The van der Waals surface area contributed by atoms with E-state index in [1.807, 2.05) is 18.3 Å². The Kier molecular flexibility index (Phi) is 8.62. The number of hydrogen-bond acceptors (Lipinski definition) is 4. The van der Waals surface area contributed by atoms with Crippen LogP contribution in [0.4, 0.5) is 0 Å². The minimum absolute atomic E-state index is 0.249. The van der Waals surface area contributed by atoms with Crippen molar-refractivity contribution < 1.29 is 9.53 Å². The first-order valence-electron chi connectivity index (χ1n) is 8.02. The Balaban J connectivity index is 2.02. The van der Waals surface area contributed by atoms with Gasteiger partial charge in [0.05, 0.1) is 6.61 Å². The second-order valence-corrected chi connectivity index (χ2v) is 7.13. The van der Waals surface area contributed by atoms with Gasteiger partial charge in [0.2, 0.25) is 0 Å². The van der Waals surface area contributed by atoms with Gasteiger partial charge in [0.15, 0.2) is 0 Å². The second kappa shape index (κ2) is 9.96.